The van der Waals surface area contributed by atoms with Crippen LogP contribution >= 0.6 is 0 Å². The van der Waals surface area contributed by atoms with Crippen LogP contribution in [0.3, 0.4) is 0 Å². The van der Waals surface area contributed by atoms with Crippen LogP contribution in [0.4, 0.5) is 0 Å². The van der Waals surface area contributed by atoms with Crippen molar-refractivity contribution in [1.82, 2.24) is 15.6 Å². The fourth-order valence-electron chi connectivity index (χ4n) is 2.20. The van der Waals surface area contributed by atoms with Gasteiger partial charge in [-0.15, -0.1) is 0 Å². The molecule has 1 aromatic carbocycles. The van der Waals surface area contributed by atoms with Gasteiger partial charge in [0.2, 0.25) is 5.89 Å². The fraction of sp³-hybridized carbons (Fsp3) is 0.474. The van der Waals surface area contributed by atoms with E-state index in [1.165, 1.54) is 5.56 Å². The molecule has 0 spiro atoms. The Morgan fingerprint density at radius 3 is 2.54 bits per heavy atom. The third-order valence-electron chi connectivity index (χ3n) is 3.33. The van der Waals surface area contributed by atoms with Crippen LogP contribution in [0.5, 0.6) is 0 Å². The van der Waals surface area contributed by atoms with Crippen molar-refractivity contribution in [3.8, 4) is 11.5 Å². The van der Waals surface area contributed by atoms with E-state index >= 15 is 0 Å². The lowest BCUT2D eigenvalue weighted by Gasteiger charge is -2.23. The van der Waals surface area contributed by atoms with Gasteiger partial charge in [-0.05, 0) is 46.8 Å². The summed E-state index contributed by atoms with van der Waals surface area (Å²) >= 11 is 0. The number of guanidine groups is 1. The predicted octanol–water partition coefficient (Wildman–Crippen LogP) is 3.55. The van der Waals surface area contributed by atoms with Gasteiger partial charge in [-0.1, -0.05) is 17.7 Å². The summed E-state index contributed by atoms with van der Waals surface area (Å²) in [7, 11) is 0. The van der Waals surface area contributed by atoms with Crippen LogP contribution in [-0.2, 0) is 6.42 Å². The van der Waals surface area contributed by atoms with Crippen molar-refractivity contribution in [2.45, 2.75) is 46.6 Å². The molecule has 1 heterocycles. The number of hydrogen-bond donors (Lipinski definition) is 2. The summed E-state index contributed by atoms with van der Waals surface area (Å²) in [6.07, 6.45) is 2.46. The van der Waals surface area contributed by atoms with Crippen LogP contribution in [0.25, 0.3) is 11.5 Å². The minimum atomic E-state index is -0.0203. The van der Waals surface area contributed by atoms with Crippen LogP contribution in [-0.4, -0.2) is 29.6 Å². The monoisotopic (exact) mass is 328 g/mol. The van der Waals surface area contributed by atoms with Crippen molar-refractivity contribution in [2.24, 2.45) is 4.99 Å². The van der Waals surface area contributed by atoms with Crippen LogP contribution in [0.1, 0.15) is 39.0 Å². The summed E-state index contributed by atoms with van der Waals surface area (Å²) in [5.74, 6) is 1.49. The van der Waals surface area contributed by atoms with Crippen LogP contribution in [0.15, 0.2) is 39.9 Å². The van der Waals surface area contributed by atoms with Gasteiger partial charge in [0.25, 0.3) is 0 Å². The minimum Gasteiger partial charge on any atom is -0.444 e. The molecule has 0 radical (unpaired) electrons. The largest absolute Gasteiger partial charge is 0.444 e. The number of oxazole rings is 1. The van der Waals surface area contributed by atoms with Gasteiger partial charge in [-0.25, -0.2) is 4.98 Å². The Balaban J connectivity index is 1.96. The maximum atomic E-state index is 5.59. The van der Waals surface area contributed by atoms with E-state index < -0.39 is 0 Å². The van der Waals surface area contributed by atoms with Crippen molar-refractivity contribution in [3.05, 3.63) is 41.8 Å². The Hall–Kier alpha value is -2.30. The molecule has 0 fully saturated rings. The second kappa shape index (κ2) is 7.99. The predicted molar refractivity (Wildman–Crippen MR) is 99.2 cm³/mol. The molecule has 0 bridgehead atoms. The van der Waals surface area contributed by atoms with E-state index in [9.17, 15) is 0 Å². The van der Waals surface area contributed by atoms with Crippen LogP contribution in [0, 0.1) is 6.92 Å². The van der Waals surface area contributed by atoms with E-state index in [0.29, 0.717) is 12.4 Å². The van der Waals surface area contributed by atoms with Crippen LogP contribution in [0.2, 0.25) is 0 Å². The first kappa shape index (κ1) is 18.0. The van der Waals surface area contributed by atoms with E-state index in [4.69, 9.17) is 4.42 Å². The third kappa shape index (κ3) is 5.72. The lowest BCUT2D eigenvalue weighted by molar-refractivity contribution is 0.501. The molecule has 0 unspecified atom stereocenters. The van der Waals surface area contributed by atoms with Gasteiger partial charge in [-0.3, -0.25) is 4.99 Å². The van der Waals surface area contributed by atoms with Crippen LogP contribution < -0.4 is 10.6 Å². The average Bonchev–Trinajstić information content (AvgIpc) is 2.95. The summed E-state index contributed by atoms with van der Waals surface area (Å²) < 4.78 is 5.59. The molecule has 2 N–H and O–H groups in total. The number of aliphatic imine (C=N–C) groups is 1. The van der Waals surface area contributed by atoms with Gasteiger partial charge in [0.05, 0.1) is 5.69 Å². The van der Waals surface area contributed by atoms with Gasteiger partial charge in [0.1, 0.15) is 6.26 Å². The number of nitrogens with zero attached hydrogens (tertiary/aromatic N) is 2. The molecule has 24 heavy (non-hydrogen) atoms. The molecule has 5 nitrogen and oxygen atoms in total. The summed E-state index contributed by atoms with van der Waals surface area (Å²) in [5.41, 5.74) is 3.12. The van der Waals surface area contributed by atoms with Gasteiger partial charge >= 0.3 is 0 Å². The third-order valence-corrected chi connectivity index (χ3v) is 3.33. The highest BCUT2D eigenvalue weighted by Gasteiger charge is 2.11. The summed E-state index contributed by atoms with van der Waals surface area (Å²) in [4.78, 5) is 9.15. The number of nitrogens with one attached hydrogen (secondary N) is 2. The number of aromatic nitrogens is 1. The lowest BCUT2D eigenvalue weighted by atomic mass is 10.1. The molecule has 0 atom stereocenters. The van der Waals surface area contributed by atoms with Crippen molar-refractivity contribution in [1.29, 1.82) is 0 Å². The Morgan fingerprint density at radius 1 is 1.21 bits per heavy atom. The molecular formula is C19H28N4O. The summed E-state index contributed by atoms with van der Waals surface area (Å²) in [6, 6.07) is 8.17. The number of benzene rings is 1. The standard InChI is InChI=1S/C19H28N4O/c1-6-20-18(23-19(3,4)5)21-12-11-16-13-24-17(22-16)15-9-7-14(2)8-10-15/h7-10,13H,6,11-12H2,1-5H3,(H2,20,21,23). The Labute approximate surface area is 144 Å². The molecule has 1 aromatic heterocycles. The molecule has 0 aliphatic carbocycles. The first-order valence-electron chi connectivity index (χ1n) is 8.45. The highest BCUT2D eigenvalue weighted by atomic mass is 16.3. The van der Waals surface area contributed by atoms with Crippen molar-refractivity contribution < 1.29 is 4.42 Å². The number of hydrogen-bond acceptors (Lipinski definition) is 3. The highest BCUT2D eigenvalue weighted by molar-refractivity contribution is 5.80. The maximum absolute atomic E-state index is 5.59. The van der Waals surface area contributed by atoms with Crippen molar-refractivity contribution in [3.63, 3.8) is 0 Å². The van der Waals surface area contributed by atoms with E-state index in [2.05, 4.69) is 67.4 Å². The number of rotatable bonds is 5. The SMILES string of the molecule is CCNC(=NCCc1coc(-c2ccc(C)cc2)n1)NC(C)(C)C. The van der Waals surface area contributed by atoms with Gasteiger partial charge in [-0.2, -0.15) is 0 Å². The van der Waals surface area contributed by atoms with E-state index in [1.807, 2.05) is 12.1 Å². The molecule has 0 saturated carbocycles. The number of aryl methyl sites for hydroxylation is 1. The smallest absolute Gasteiger partial charge is 0.226 e. The Kier molecular flexibility index (Phi) is 6.01. The second-order valence-electron chi connectivity index (χ2n) is 6.90. The molecular weight excluding hydrogens is 300 g/mol. The molecule has 2 aromatic rings. The van der Waals surface area contributed by atoms with E-state index in [0.717, 1.165) is 30.2 Å². The zero-order valence-corrected chi connectivity index (χ0v) is 15.3. The molecule has 130 valence electrons. The van der Waals surface area contributed by atoms with Crippen molar-refractivity contribution >= 4 is 5.96 Å². The molecule has 0 aliphatic heterocycles. The maximum Gasteiger partial charge on any atom is 0.226 e. The first-order chi connectivity index (χ1) is 11.4. The van der Waals surface area contributed by atoms with Gasteiger partial charge < -0.3 is 15.1 Å². The topological polar surface area (TPSA) is 62.5 Å². The van der Waals surface area contributed by atoms with E-state index in [1.54, 1.807) is 6.26 Å². The minimum absolute atomic E-state index is 0.0203. The first-order valence-corrected chi connectivity index (χ1v) is 8.45. The fourth-order valence-corrected chi connectivity index (χ4v) is 2.20. The summed E-state index contributed by atoms with van der Waals surface area (Å²) in [6.45, 7) is 12.0. The average molecular weight is 328 g/mol. The lowest BCUT2D eigenvalue weighted by Crippen LogP contribution is -2.47. The molecule has 2 rings (SSSR count). The molecule has 0 saturated heterocycles. The zero-order valence-electron chi connectivity index (χ0n) is 15.3. The second-order valence-corrected chi connectivity index (χ2v) is 6.90. The Morgan fingerprint density at radius 2 is 1.92 bits per heavy atom. The van der Waals surface area contributed by atoms with E-state index in [-0.39, 0.29) is 5.54 Å². The molecule has 0 aliphatic rings. The quantitative estimate of drug-likeness (QED) is 0.651. The van der Waals surface area contributed by atoms with Gasteiger partial charge in [0, 0.05) is 30.6 Å². The zero-order chi connectivity index (χ0) is 17.6. The summed E-state index contributed by atoms with van der Waals surface area (Å²) in [5, 5.41) is 6.63. The van der Waals surface area contributed by atoms with Crippen molar-refractivity contribution in [2.75, 3.05) is 13.1 Å². The molecule has 0 amide bonds. The van der Waals surface area contributed by atoms with Gasteiger partial charge in [0.15, 0.2) is 5.96 Å². The highest BCUT2D eigenvalue weighted by Crippen LogP contribution is 2.19. The normalized spacial score (nSPS) is 12.3. The molecule has 5 heteroatoms. The Bertz CT molecular complexity index is 665.